The van der Waals surface area contributed by atoms with Gasteiger partial charge < -0.3 is 9.84 Å². The van der Waals surface area contributed by atoms with Gasteiger partial charge in [-0.05, 0) is 44.4 Å². The number of ether oxygens (including phenoxy) is 1. The zero-order valence-corrected chi connectivity index (χ0v) is 12.4. The molecule has 0 aromatic rings. The highest BCUT2D eigenvalue weighted by Crippen LogP contribution is 2.33. The molecular weight excluding hydrogens is 266 g/mol. The third-order valence-corrected chi connectivity index (χ3v) is 6.57. The summed E-state index contributed by atoms with van der Waals surface area (Å²) in [4.78, 5) is 0. The zero-order chi connectivity index (χ0) is 13.9. The number of nitrogens with one attached hydrogen (secondary N) is 1. The molecule has 0 spiro atoms. The van der Waals surface area contributed by atoms with Crippen molar-refractivity contribution in [3.05, 3.63) is 0 Å². The van der Waals surface area contributed by atoms with E-state index in [9.17, 15) is 13.5 Å². The molecule has 1 heterocycles. The maximum Gasteiger partial charge on any atom is 0.215 e. The van der Waals surface area contributed by atoms with Crippen molar-refractivity contribution < 1.29 is 18.3 Å². The summed E-state index contributed by atoms with van der Waals surface area (Å²) < 4.78 is 32.9. The molecule has 2 aliphatic rings. The maximum atomic E-state index is 12.4. The first-order valence-corrected chi connectivity index (χ1v) is 8.73. The van der Waals surface area contributed by atoms with Gasteiger partial charge in [-0.2, -0.15) is 0 Å². The molecule has 0 bridgehead atoms. The van der Waals surface area contributed by atoms with Crippen LogP contribution in [0.3, 0.4) is 0 Å². The Bertz CT molecular complexity index is 381. The molecule has 2 fully saturated rings. The highest BCUT2D eigenvalue weighted by molar-refractivity contribution is 7.90. The summed E-state index contributed by atoms with van der Waals surface area (Å²) in [5.74, 6) is 0.618. The van der Waals surface area contributed by atoms with E-state index in [1.807, 2.05) is 0 Å². The summed E-state index contributed by atoms with van der Waals surface area (Å²) in [5.41, 5.74) is -0.635. The van der Waals surface area contributed by atoms with Gasteiger partial charge in [-0.15, -0.1) is 0 Å². The van der Waals surface area contributed by atoms with Crippen LogP contribution in [0.4, 0.5) is 0 Å². The fraction of sp³-hybridized carbons (Fsp3) is 1.00. The minimum atomic E-state index is -3.36. The number of rotatable bonds is 4. The van der Waals surface area contributed by atoms with E-state index in [0.717, 1.165) is 25.7 Å². The van der Waals surface area contributed by atoms with Crippen LogP contribution in [0.2, 0.25) is 0 Å². The van der Waals surface area contributed by atoms with Gasteiger partial charge in [0.25, 0.3) is 0 Å². The maximum absolute atomic E-state index is 12.4. The average Bonchev–Trinajstić information content (AvgIpc) is 2.42. The van der Waals surface area contributed by atoms with Gasteiger partial charge in [0.1, 0.15) is 0 Å². The Balaban J connectivity index is 2.04. The van der Waals surface area contributed by atoms with Crippen molar-refractivity contribution >= 4 is 10.0 Å². The molecule has 1 saturated carbocycles. The number of aliphatic hydroxyl groups is 1. The second-order valence-electron chi connectivity index (χ2n) is 6.08. The number of sulfonamides is 1. The minimum Gasteiger partial charge on any atom is -0.394 e. The first-order valence-electron chi connectivity index (χ1n) is 7.19. The van der Waals surface area contributed by atoms with Crippen molar-refractivity contribution in [3.8, 4) is 0 Å². The van der Waals surface area contributed by atoms with Crippen LogP contribution in [0, 0.1) is 5.92 Å². The van der Waals surface area contributed by atoms with Gasteiger partial charge in [0, 0.05) is 13.2 Å². The molecule has 6 heteroatoms. The standard InChI is InChI=1S/C13H25NO4S/c1-11-2-6-13(10-15,7-3-11)14-19(16,17)12-4-8-18-9-5-12/h11-12,14-15H,2-10H2,1H3. The lowest BCUT2D eigenvalue weighted by molar-refractivity contribution is 0.0961. The van der Waals surface area contributed by atoms with E-state index in [1.165, 1.54) is 0 Å². The summed E-state index contributed by atoms with van der Waals surface area (Å²) in [7, 11) is -3.36. The molecule has 0 unspecified atom stereocenters. The smallest absolute Gasteiger partial charge is 0.215 e. The quantitative estimate of drug-likeness (QED) is 0.811. The van der Waals surface area contributed by atoms with Gasteiger partial charge in [0.05, 0.1) is 17.4 Å². The molecule has 1 saturated heterocycles. The highest BCUT2D eigenvalue weighted by atomic mass is 32.2. The Morgan fingerprint density at radius 3 is 2.32 bits per heavy atom. The molecule has 5 nitrogen and oxygen atoms in total. The average molecular weight is 291 g/mol. The fourth-order valence-corrected chi connectivity index (χ4v) is 4.83. The van der Waals surface area contributed by atoms with E-state index >= 15 is 0 Å². The molecule has 2 rings (SSSR count). The fourth-order valence-electron chi connectivity index (χ4n) is 2.98. The Hall–Kier alpha value is -0.170. The predicted octanol–water partition coefficient (Wildman–Crippen LogP) is 1.03. The molecule has 1 aliphatic heterocycles. The number of hydrogen-bond donors (Lipinski definition) is 2. The van der Waals surface area contributed by atoms with E-state index in [4.69, 9.17) is 4.74 Å². The van der Waals surface area contributed by atoms with Crippen molar-refractivity contribution in [2.45, 2.75) is 56.2 Å². The molecule has 19 heavy (non-hydrogen) atoms. The van der Waals surface area contributed by atoms with Crippen LogP contribution in [0.1, 0.15) is 45.4 Å². The van der Waals surface area contributed by atoms with E-state index in [-0.39, 0.29) is 11.9 Å². The van der Waals surface area contributed by atoms with Gasteiger partial charge in [-0.3, -0.25) is 0 Å². The van der Waals surface area contributed by atoms with E-state index < -0.39 is 15.6 Å². The van der Waals surface area contributed by atoms with Gasteiger partial charge in [0.15, 0.2) is 0 Å². The van der Waals surface area contributed by atoms with E-state index in [2.05, 4.69) is 11.6 Å². The Morgan fingerprint density at radius 1 is 1.21 bits per heavy atom. The molecule has 0 aromatic carbocycles. The van der Waals surface area contributed by atoms with Crippen LogP contribution in [0.15, 0.2) is 0 Å². The van der Waals surface area contributed by atoms with Gasteiger partial charge in [-0.25, -0.2) is 13.1 Å². The van der Waals surface area contributed by atoms with Crippen LogP contribution >= 0.6 is 0 Å². The van der Waals surface area contributed by atoms with Crippen LogP contribution < -0.4 is 4.72 Å². The van der Waals surface area contributed by atoms with Crippen molar-refractivity contribution in [2.75, 3.05) is 19.8 Å². The van der Waals surface area contributed by atoms with Crippen molar-refractivity contribution in [1.82, 2.24) is 4.72 Å². The van der Waals surface area contributed by atoms with Crippen LogP contribution in [-0.2, 0) is 14.8 Å². The van der Waals surface area contributed by atoms with E-state index in [0.29, 0.717) is 32.0 Å². The second kappa shape index (κ2) is 6.08. The normalized spacial score (nSPS) is 34.3. The van der Waals surface area contributed by atoms with Gasteiger partial charge in [0.2, 0.25) is 10.0 Å². The lowest BCUT2D eigenvalue weighted by atomic mass is 9.78. The molecule has 0 radical (unpaired) electrons. The Morgan fingerprint density at radius 2 is 1.79 bits per heavy atom. The summed E-state index contributed by atoms with van der Waals surface area (Å²) >= 11 is 0. The second-order valence-corrected chi connectivity index (χ2v) is 8.04. The first kappa shape index (κ1) is 15.2. The monoisotopic (exact) mass is 291 g/mol. The molecule has 2 N–H and O–H groups in total. The number of hydrogen-bond acceptors (Lipinski definition) is 4. The largest absolute Gasteiger partial charge is 0.394 e. The molecule has 0 atom stereocenters. The lowest BCUT2D eigenvalue weighted by Gasteiger charge is -2.39. The number of aliphatic hydroxyl groups excluding tert-OH is 1. The van der Waals surface area contributed by atoms with Crippen LogP contribution in [0.5, 0.6) is 0 Å². The van der Waals surface area contributed by atoms with Gasteiger partial charge >= 0.3 is 0 Å². The Labute approximate surface area is 115 Å². The van der Waals surface area contributed by atoms with Crippen LogP contribution in [-0.4, -0.2) is 44.1 Å². The highest BCUT2D eigenvalue weighted by Gasteiger charge is 2.40. The lowest BCUT2D eigenvalue weighted by Crippen LogP contribution is -2.55. The summed E-state index contributed by atoms with van der Waals surface area (Å²) in [6.45, 7) is 3.08. The van der Waals surface area contributed by atoms with Gasteiger partial charge in [-0.1, -0.05) is 6.92 Å². The van der Waals surface area contributed by atoms with E-state index in [1.54, 1.807) is 0 Å². The topological polar surface area (TPSA) is 75.6 Å². The summed E-state index contributed by atoms with van der Waals surface area (Å²) in [6.07, 6.45) is 4.49. The molecule has 112 valence electrons. The first-order chi connectivity index (χ1) is 8.97. The van der Waals surface area contributed by atoms with Crippen molar-refractivity contribution in [3.63, 3.8) is 0 Å². The van der Waals surface area contributed by atoms with Crippen LogP contribution in [0.25, 0.3) is 0 Å². The third kappa shape index (κ3) is 3.68. The molecule has 0 amide bonds. The Kier molecular flexibility index (Phi) is 4.87. The zero-order valence-electron chi connectivity index (χ0n) is 11.6. The van der Waals surface area contributed by atoms with Crippen molar-refractivity contribution in [2.24, 2.45) is 5.92 Å². The summed E-state index contributed by atoms with van der Waals surface area (Å²) in [6, 6.07) is 0. The SMILES string of the molecule is CC1CCC(CO)(NS(=O)(=O)C2CCOCC2)CC1. The molecule has 1 aliphatic carbocycles. The third-order valence-electron chi connectivity index (χ3n) is 4.50. The summed E-state index contributed by atoms with van der Waals surface area (Å²) in [5, 5.41) is 9.27. The molecule has 0 aromatic heterocycles. The van der Waals surface area contributed by atoms with Crippen molar-refractivity contribution in [1.29, 1.82) is 0 Å². The minimum absolute atomic E-state index is 0.109. The predicted molar refractivity (Wildman–Crippen MR) is 73.3 cm³/mol. The molecular formula is C13H25NO4S.